The van der Waals surface area contributed by atoms with Crippen LogP contribution in [-0.2, 0) is 33.9 Å². The van der Waals surface area contributed by atoms with Gasteiger partial charge in [-0.1, -0.05) is 24.3 Å². The molecule has 5 aliphatic heterocycles. The molecule has 2 saturated heterocycles. The fraction of sp³-hybridized carbons (Fsp3) is 0.449. The van der Waals surface area contributed by atoms with Gasteiger partial charge in [0.05, 0.1) is 17.2 Å². The Bertz CT molecular complexity index is 2610. The van der Waals surface area contributed by atoms with Gasteiger partial charge in [0.15, 0.2) is 0 Å². The summed E-state index contributed by atoms with van der Waals surface area (Å²) >= 11 is 0. The number of nitrogens with zero attached hydrogens (tertiary/aromatic N) is 4. The maximum atomic E-state index is 16.5. The third-order valence-corrected chi connectivity index (χ3v) is 15.1. The lowest BCUT2D eigenvalue weighted by molar-refractivity contribution is -0.138. The third kappa shape index (κ3) is 6.82. The first kappa shape index (κ1) is 40.2. The zero-order valence-electron chi connectivity index (χ0n) is 35.2. The maximum Gasteiger partial charge on any atom is 0.262 e. The number of allylic oxidation sites excluding steroid dienone is 2. The van der Waals surface area contributed by atoms with Gasteiger partial charge in [0.1, 0.15) is 23.3 Å². The van der Waals surface area contributed by atoms with Crippen molar-refractivity contribution in [2.24, 2.45) is 5.92 Å². The molecule has 4 atom stereocenters. The molecule has 3 fully saturated rings. The SMILES string of the molecule is C[C@@H]1Cc2c([nH]c3ccccc23)[C@@H](c2c(F)cc(C3=CCC(C(=O)N4CCC(N5Cc6cc7c(cc6C5)C(=O)N(C5CCC(=O)NC5=O)C7=O)CC4)CC3)cc2F)N1CC1(F)CC1. The lowest BCUT2D eigenvalue weighted by Gasteiger charge is -2.42. The first-order valence-corrected chi connectivity index (χ1v) is 22.5. The number of fused-ring (bicyclic) bond motifs is 5. The van der Waals surface area contributed by atoms with E-state index in [0.29, 0.717) is 70.3 Å². The molecule has 5 amide bonds. The van der Waals surface area contributed by atoms with Crippen LogP contribution in [0.1, 0.15) is 125 Å². The number of halogens is 3. The average molecular weight is 859 g/mol. The number of aromatic nitrogens is 1. The average Bonchev–Trinajstić information content (AvgIpc) is 3.56. The Morgan fingerprint density at radius 1 is 0.873 bits per heavy atom. The molecule has 2 aliphatic carbocycles. The number of benzene rings is 3. The molecule has 1 saturated carbocycles. The number of alkyl halides is 1. The summed E-state index contributed by atoms with van der Waals surface area (Å²) in [5.41, 5.74) is 5.01. The van der Waals surface area contributed by atoms with Gasteiger partial charge >= 0.3 is 0 Å². The number of H-pyrrole nitrogens is 1. The Hall–Kier alpha value is -5.60. The number of piperidine rings is 2. The molecule has 0 radical (unpaired) electrons. The lowest BCUT2D eigenvalue weighted by Crippen LogP contribution is -2.54. The number of imide groups is 2. The number of amides is 5. The molecule has 0 bridgehead atoms. The predicted molar refractivity (Wildman–Crippen MR) is 227 cm³/mol. The predicted octanol–water partition coefficient (Wildman–Crippen LogP) is 6.88. The monoisotopic (exact) mass is 858 g/mol. The lowest BCUT2D eigenvalue weighted by atomic mass is 9.84. The van der Waals surface area contributed by atoms with E-state index in [1.54, 1.807) is 12.1 Å². The summed E-state index contributed by atoms with van der Waals surface area (Å²) in [5.74, 6) is -3.51. The van der Waals surface area contributed by atoms with Gasteiger partial charge in [-0.25, -0.2) is 13.2 Å². The van der Waals surface area contributed by atoms with Crippen molar-refractivity contribution in [2.75, 3.05) is 19.6 Å². The molecular formula is C49H49F3N6O5. The number of para-hydroxylation sites is 1. The number of rotatable bonds is 7. The van der Waals surface area contributed by atoms with E-state index in [2.05, 4.69) is 15.2 Å². The standard InChI is InChI=1S/C49H49F3N6O5/c1-26-18-34-33-4-2-3-5-39(33)53-43(34)44(57(26)25-49(52)14-15-49)42-37(50)21-29(22-38(42)51)27-6-8-28(9-7-27)46(61)55-16-12-32(13-17-55)56-23-30-19-35-36(20-31(30)24-56)48(63)58(47(35)62)40-10-11-41(59)54-45(40)60/h2-6,19-22,26,28,32,40,44,53H,7-18,23-25H2,1H3,(H,54,59,60)/t26-,28?,40?,44-/m1/s1. The second kappa shape index (κ2) is 15.0. The van der Waals surface area contributed by atoms with E-state index in [1.165, 1.54) is 12.1 Å². The van der Waals surface area contributed by atoms with Crippen molar-refractivity contribution in [3.63, 3.8) is 0 Å². The number of hydrogen-bond acceptors (Lipinski definition) is 7. The summed E-state index contributed by atoms with van der Waals surface area (Å²) in [4.78, 5) is 75.4. The van der Waals surface area contributed by atoms with Crippen LogP contribution in [0.2, 0.25) is 0 Å². The molecule has 1 aromatic heterocycles. The van der Waals surface area contributed by atoms with E-state index >= 15 is 13.2 Å². The van der Waals surface area contributed by atoms with Crippen molar-refractivity contribution in [2.45, 2.75) is 114 Å². The van der Waals surface area contributed by atoms with Gasteiger partial charge in [0.25, 0.3) is 11.8 Å². The molecule has 0 spiro atoms. The molecule has 3 aromatic carbocycles. The van der Waals surface area contributed by atoms with E-state index in [0.717, 1.165) is 56.6 Å². The summed E-state index contributed by atoms with van der Waals surface area (Å²) in [6.45, 7) is 4.56. The molecular weight excluding hydrogens is 810 g/mol. The van der Waals surface area contributed by atoms with Crippen LogP contribution in [0.4, 0.5) is 13.2 Å². The summed E-state index contributed by atoms with van der Waals surface area (Å²) < 4.78 is 48.4. The minimum Gasteiger partial charge on any atom is -0.357 e. The van der Waals surface area contributed by atoms with Gasteiger partial charge in [0, 0.05) is 79.3 Å². The molecule has 2 N–H and O–H groups in total. The van der Waals surface area contributed by atoms with E-state index in [9.17, 15) is 24.0 Å². The van der Waals surface area contributed by atoms with Gasteiger partial charge in [-0.05, 0) is 123 Å². The van der Waals surface area contributed by atoms with Crippen molar-refractivity contribution in [1.29, 1.82) is 0 Å². The molecule has 4 aromatic rings. The molecule has 11 rings (SSSR count). The van der Waals surface area contributed by atoms with Crippen molar-refractivity contribution < 1.29 is 37.1 Å². The summed E-state index contributed by atoms with van der Waals surface area (Å²) in [5, 5.41) is 3.25. The van der Waals surface area contributed by atoms with Crippen molar-refractivity contribution in [1.82, 2.24) is 29.9 Å². The Morgan fingerprint density at radius 2 is 1.56 bits per heavy atom. The number of nitrogens with one attached hydrogen (secondary N) is 2. The number of carbonyl (C=O) groups excluding carboxylic acids is 5. The van der Waals surface area contributed by atoms with Gasteiger partial charge < -0.3 is 9.88 Å². The van der Waals surface area contributed by atoms with Crippen molar-refractivity contribution >= 4 is 46.0 Å². The maximum absolute atomic E-state index is 16.5. The van der Waals surface area contributed by atoms with Gasteiger partial charge in [-0.2, -0.15) is 0 Å². The Kier molecular flexibility index (Phi) is 9.57. The quantitative estimate of drug-likeness (QED) is 0.194. The second-order valence-corrected chi connectivity index (χ2v) is 19.0. The van der Waals surface area contributed by atoms with Gasteiger partial charge in [-0.15, -0.1) is 0 Å². The third-order valence-electron chi connectivity index (χ3n) is 15.1. The van der Waals surface area contributed by atoms with Crippen LogP contribution in [0.3, 0.4) is 0 Å². The van der Waals surface area contributed by atoms with E-state index in [-0.39, 0.29) is 60.0 Å². The van der Waals surface area contributed by atoms with Crippen LogP contribution in [-0.4, -0.2) is 97.5 Å². The normalized spacial score (nSPS) is 26.2. The highest BCUT2D eigenvalue weighted by Gasteiger charge is 2.50. The fourth-order valence-electron chi connectivity index (χ4n) is 11.4. The highest BCUT2D eigenvalue weighted by atomic mass is 19.1. The van der Waals surface area contributed by atoms with Crippen LogP contribution in [0.15, 0.2) is 54.6 Å². The molecule has 11 nitrogen and oxygen atoms in total. The molecule has 7 aliphatic rings. The Morgan fingerprint density at radius 3 is 2.19 bits per heavy atom. The largest absolute Gasteiger partial charge is 0.357 e. The number of carbonyl (C=O) groups is 5. The molecule has 326 valence electrons. The van der Waals surface area contributed by atoms with Crippen LogP contribution >= 0.6 is 0 Å². The molecule has 2 unspecified atom stereocenters. The van der Waals surface area contributed by atoms with Crippen LogP contribution in [0, 0.1) is 17.6 Å². The van der Waals surface area contributed by atoms with Crippen LogP contribution < -0.4 is 5.32 Å². The fourth-order valence-corrected chi connectivity index (χ4v) is 11.4. The minimum atomic E-state index is -1.35. The minimum absolute atomic E-state index is 0.0674. The number of hydrogen-bond donors (Lipinski definition) is 2. The van der Waals surface area contributed by atoms with Crippen LogP contribution in [0.25, 0.3) is 16.5 Å². The summed E-state index contributed by atoms with van der Waals surface area (Å²) in [6, 6.07) is 12.5. The second-order valence-electron chi connectivity index (χ2n) is 19.0. The van der Waals surface area contributed by atoms with E-state index < -0.39 is 53.0 Å². The summed E-state index contributed by atoms with van der Waals surface area (Å²) in [6.07, 6.45) is 6.81. The van der Waals surface area contributed by atoms with Crippen molar-refractivity contribution in [3.05, 3.63) is 111 Å². The van der Waals surface area contributed by atoms with Crippen LogP contribution in [0.5, 0.6) is 0 Å². The molecule has 6 heterocycles. The molecule has 14 heteroatoms. The molecule has 63 heavy (non-hydrogen) atoms. The zero-order chi connectivity index (χ0) is 43.5. The smallest absolute Gasteiger partial charge is 0.262 e. The highest BCUT2D eigenvalue weighted by Crippen LogP contribution is 2.48. The Balaban J connectivity index is 0.733. The Labute approximate surface area is 362 Å². The van der Waals surface area contributed by atoms with Gasteiger partial charge in [0.2, 0.25) is 17.7 Å². The zero-order valence-corrected chi connectivity index (χ0v) is 35.2. The first-order valence-electron chi connectivity index (χ1n) is 22.5. The topological polar surface area (TPSA) is 126 Å². The summed E-state index contributed by atoms with van der Waals surface area (Å²) in [7, 11) is 0. The van der Waals surface area contributed by atoms with E-state index in [1.807, 2.05) is 47.1 Å². The van der Waals surface area contributed by atoms with E-state index in [4.69, 9.17) is 0 Å². The number of aromatic amines is 1. The van der Waals surface area contributed by atoms with Crippen molar-refractivity contribution in [3.8, 4) is 0 Å². The highest BCUT2D eigenvalue weighted by molar-refractivity contribution is 6.23. The number of likely N-dealkylation sites (tertiary alicyclic amines) is 1. The van der Waals surface area contributed by atoms with Gasteiger partial charge in [-0.3, -0.25) is 44.0 Å². The first-order chi connectivity index (χ1) is 30.3.